The first-order valence-electron chi connectivity index (χ1n) is 3.78. The van der Waals surface area contributed by atoms with Gasteiger partial charge in [0.15, 0.2) is 0 Å². The Labute approximate surface area is 60.9 Å². The van der Waals surface area contributed by atoms with Crippen LogP contribution in [0.1, 0.15) is 26.2 Å². The zero-order chi connectivity index (χ0) is 7.40. The Hall–Kier alpha value is -0.570. The van der Waals surface area contributed by atoms with Crippen LogP contribution in [0, 0.1) is 0 Å². The third-order valence-corrected chi connectivity index (χ3v) is 1.37. The lowest BCUT2D eigenvalue weighted by Crippen LogP contribution is -2.08. The molecule has 3 nitrogen and oxygen atoms in total. The molecule has 1 fully saturated rings. The number of unbranched alkanes of at least 4 members (excludes halogenated alkanes) is 1. The van der Waals surface area contributed by atoms with Gasteiger partial charge in [0, 0.05) is 6.42 Å². The number of nitrogens with zero attached hydrogens (tertiary/aromatic N) is 1. The first-order valence-corrected chi connectivity index (χ1v) is 3.78. The molecule has 0 N–H and O–H groups in total. The molecule has 1 heterocycles. The van der Waals surface area contributed by atoms with E-state index in [1.165, 1.54) is 0 Å². The van der Waals surface area contributed by atoms with Crippen molar-refractivity contribution in [2.75, 3.05) is 13.1 Å². The average Bonchev–Trinajstić information content (AvgIpc) is 2.67. The summed E-state index contributed by atoms with van der Waals surface area (Å²) in [5.41, 5.74) is 0. The summed E-state index contributed by atoms with van der Waals surface area (Å²) in [5.74, 6) is -0.0839. The summed E-state index contributed by atoms with van der Waals surface area (Å²) in [6.07, 6.45) is 2.55. The minimum Gasteiger partial charge on any atom is -0.368 e. The number of hydrogen-bond donors (Lipinski definition) is 0. The van der Waals surface area contributed by atoms with Gasteiger partial charge in [-0.2, -0.15) is 0 Å². The maximum absolute atomic E-state index is 10.8. The Morgan fingerprint density at radius 2 is 2.30 bits per heavy atom. The molecule has 1 rings (SSSR count). The molecule has 0 aromatic carbocycles. The molecule has 1 aliphatic rings. The van der Waals surface area contributed by atoms with E-state index in [1.807, 2.05) is 0 Å². The normalized spacial score (nSPS) is 16.9. The molecule has 0 bridgehead atoms. The van der Waals surface area contributed by atoms with E-state index in [4.69, 9.17) is 4.84 Å². The van der Waals surface area contributed by atoms with E-state index < -0.39 is 0 Å². The maximum Gasteiger partial charge on any atom is 0.325 e. The minimum atomic E-state index is -0.0839. The molecular weight excluding hydrogens is 130 g/mol. The van der Waals surface area contributed by atoms with Gasteiger partial charge in [0.2, 0.25) is 0 Å². The number of carbonyl (C=O) groups is 1. The van der Waals surface area contributed by atoms with E-state index in [2.05, 4.69) is 6.92 Å². The zero-order valence-corrected chi connectivity index (χ0v) is 6.30. The minimum absolute atomic E-state index is 0.0839. The van der Waals surface area contributed by atoms with Gasteiger partial charge in [0.05, 0.1) is 13.1 Å². The molecule has 0 aromatic heterocycles. The van der Waals surface area contributed by atoms with E-state index in [0.717, 1.165) is 25.9 Å². The molecule has 0 saturated carbocycles. The summed E-state index contributed by atoms with van der Waals surface area (Å²) in [4.78, 5) is 15.6. The highest BCUT2D eigenvalue weighted by Crippen LogP contribution is 2.06. The summed E-state index contributed by atoms with van der Waals surface area (Å²) < 4.78 is 0. The van der Waals surface area contributed by atoms with Crippen molar-refractivity contribution >= 4 is 5.97 Å². The van der Waals surface area contributed by atoms with Gasteiger partial charge in [0.1, 0.15) is 0 Å². The van der Waals surface area contributed by atoms with Gasteiger partial charge >= 0.3 is 5.97 Å². The fraction of sp³-hybridized carbons (Fsp3) is 0.857. The summed E-state index contributed by atoms with van der Waals surface area (Å²) >= 11 is 0. The molecule has 0 aliphatic carbocycles. The number of hydroxylamine groups is 2. The lowest BCUT2D eigenvalue weighted by atomic mass is 10.3. The van der Waals surface area contributed by atoms with Gasteiger partial charge in [-0.15, -0.1) is 5.06 Å². The molecule has 0 atom stereocenters. The van der Waals surface area contributed by atoms with Gasteiger partial charge < -0.3 is 4.84 Å². The Bertz CT molecular complexity index is 121. The number of hydrogen-bond acceptors (Lipinski definition) is 3. The fourth-order valence-electron chi connectivity index (χ4n) is 0.643. The van der Waals surface area contributed by atoms with Gasteiger partial charge in [-0.1, -0.05) is 13.3 Å². The molecule has 0 unspecified atom stereocenters. The van der Waals surface area contributed by atoms with Gasteiger partial charge in [-0.05, 0) is 6.42 Å². The molecule has 0 spiro atoms. The zero-order valence-electron chi connectivity index (χ0n) is 6.30. The van der Waals surface area contributed by atoms with Crippen molar-refractivity contribution in [2.24, 2.45) is 0 Å². The van der Waals surface area contributed by atoms with E-state index in [0.29, 0.717) is 6.42 Å². The lowest BCUT2D eigenvalue weighted by Gasteiger charge is -2.00. The van der Waals surface area contributed by atoms with Crippen molar-refractivity contribution in [1.29, 1.82) is 0 Å². The first kappa shape index (κ1) is 7.54. The molecule has 0 radical (unpaired) electrons. The van der Waals surface area contributed by atoms with Crippen molar-refractivity contribution in [1.82, 2.24) is 5.06 Å². The van der Waals surface area contributed by atoms with Crippen LogP contribution in [0.3, 0.4) is 0 Å². The van der Waals surface area contributed by atoms with E-state index in [-0.39, 0.29) is 5.97 Å². The van der Waals surface area contributed by atoms with Gasteiger partial charge in [0.25, 0.3) is 0 Å². The average molecular weight is 143 g/mol. The largest absolute Gasteiger partial charge is 0.368 e. The SMILES string of the molecule is CCCCC(=O)ON1CC1. The van der Waals surface area contributed by atoms with Crippen molar-refractivity contribution in [3.8, 4) is 0 Å². The predicted molar refractivity (Wildman–Crippen MR) is 37.2 cm³/mol. The quantitative estimate of drug-likeness (QED) is 0.549. The Balaban J connectivity index is 1.97. The fourth-order valence-corrected chi connectivity index (χ4v) is 0.643. The third-order valence-electron chi connectivity index (χ3n) is 1.37. The van der Waals surface area contributed by atoms with Crippen molar-refractivity contribution in [2.45, 2.75) is 26.2 Å². The smallest absolute Gasteiger partial charge is 0.325 e. The van der Waals surface area contributed by atoms with Crippen LogP contribution in [0.25, 0.3) is 0 Å². The molecule has 0 aromatic rings. The van der Waals surface area contributed by atoms with Crippen LogP contribution < -0.4 is 0 Å². The second kappa shape index (κ2) is 3.56. The summed E-state index contributed by atoms with van der Waals surface area (Å²) in [5, 5.41) is 1.66. The summed E-state index contributed by atoms with van der Waals surface area (Å²) in [6.45, 7) is 3.89. The molecular formula is C7H13NO2. The summed E-state index contributed by atoms with van der Waals surface area (Å²) in [7, 11) is 0. The number of carbonyl (C=O) groups excluding carboxylic acids is 1. The van der Waals surface area contributed by atoms with Gasteiger partial charge in [-0.3, -0.25) is 4.79 Å². The molecule has 1 aliphatic heterocycles. The van der Waals surface area contributed by atoms with Crippen LogP contribution in [0.5, 0.6) is 0 Å². The predicted octanol–water partition coefficient (Wildman–Crippen LogP) is 0.950. The Morgan fingerprint density at radius 3 is 2.80 bits per heavy atom. The lowest BCUT2D eigenvalue weighted by molar-refractivity contribution is -0.166. The van der Waals surface area contributed by atoms with Crippen LogP contribution in [0.2, 0.25) is 0 Å². The first-order chi connectivity index (χ1) is 4.83. The summed E-state index contributed by atoms with van der Waals surface area (Å²) in [6, 6.07) is 0. The highest BCUT2D eigenvalue weighted by atomic mass is 16.7. The van der Waals surface area contributed by atoms with Crippen molar-refractivity contribution < 1.29 is 9.63 Å². The molecule has 0 amide bonds. The van der Waals surface area contributed by atoms with Crippen LogP contribution in [-0.4, -0.2) is 24.1 Å². The van der Waals surface area contributed by atoms with E-state index in [1.54, 1.807) is 5.06 Å². The van der Waals surface area contributed by atoms with E-state index >= 15 is 0 Å². The van der Waals surface area contributed by atoms with Crippen molar-refractivity contribution in [3.63, 3.8) is 0 Å². The maximum atomic E-state index is 10.8. The van der Waals surface area contributed by atoms with Crippen molar-refractivity contribution in [3.05, 3.63) is 0 Å². The highest BCUT2D eigenvalue weighted by molar-refractivity contribution is 5.69. The highest BCUT2D eigenvalue weighted by Gasteiger charge is 2.21. The Kier molecular flexibility index (Phi) is 2.68. The van der Waals surface area contributed by atoms with Crippen LogP contribution >= 0.6 is 0 Å². The number of rotatable bonds is 4. The molecule has 10 heavy (non-hydrogen) atoms. The van der Waals surface area contributed by atoms with Gasteiger partial charge in [-0.25, -0.2) is 0 Å². The molecule has 58 valence electrons. The van der Waals surface area contributed by atoms with Crippen LogP contribution in [0.4, 0.5) is 0 Å². The third kappa shape index (κ3) is 2.82. The standard InChI is InChI=1S/C7H13NO2/c1-2-3-4-7(9)10-8-5-6-8/h2-6H2,1H3. The second-order valence-electron chi connectivity index (χ2n) is 2.50. The Morgan fingerprint density at radius 1 is 1.60 bits per heavy atom. The molecule has 1 saturated heterocycles. The van der Waals surface area contributed by atoms with Crippen LogP contribution in [-0.2, 0) is 9.63 Å². The van der Waals surface area contributed by atoms with E-state index in [9.17, 15) is 4.79 Å². The monoisotopic (exact) mass is 143 g/mol. The van der Waals surface area contributed by atoms with Crippen LogP contribution in [0.15, 0.2) is 0 Å². The topological polar surface area (TPSA) is 29.3 Å². The molecule has 3 heteroatoms. The second-order valence-corrected chi connectivity index (χ2v) is 2.50.